The third kappa shape index (κ3) is 6.14. The number of fused-ring (bicyclic) bond motifs is 2. The number of benzene rings is 7. The van der Waals surface area contributed by atoms with Crippen LogP contribution in [-0.2, 0) is 0 Å². The van der Waals surface area contributed by atoms with E-state index in [2.05, 4.69) is 155 Å². The second-order valence-corrected chi connectivity index (χ2v) is 13.5. The molecule has 0 aliphatic carbocycles. The Hall–Kier alpha value is -7.50. The van der Waals surface area contributed by atoms with E-state index in [9.17, 15) is 0 Å². The molecule has 0 aliphatic heterocycles. The van der Waals surface area contributed by atoms with E-state index in [4.69, 9.17) is 15.0 Å². The van der Waals surface area contributed by atoms with Crippen molar-refractivity contribution < 1.29 is 0 Å². The fourth-order valence-corrected chi connectivity index (χ4v) is 7.40. The summed E-state index contributed by atoms with van der Waals surface area (Å²) in [4.78, 5) is 19.9. The maximum Gasteiger partial charge on any atom is 0.164 e. The van der Waals surface area contributed by atoms with Gasteiger partial charge in [-0.1, -0.05) is 133 Å². The zero-order chi connectivity index (χ0) is 36.6. The smallest absolute Gasteiger partial charge is 0.164 e. The Labute approximate surface area is 318 Å². The number of pyridine rings is 1. The van der Waals surface area contributed by atoms with Gasteiger partial charge in [0.05, 0.1) is 22.4 Å². The van der Waals surface area contributed by atoms with Crippen molar-refractivity contribution in [2.75, 3.05) is 0 Å². The van der Waals surface area contributed by atoms with Gasteiger partial charge in [-0.25, -0.2) is 15.0 Å². The molecule has 5 nitrogen and oxygen atoms in total. The summed E-state index contributed by atoms with van der Waals surface area (Å²) in [5.41, 5.74) is 13.1. The van der Waals surface area contributed by atoms with Gasteiger partial charge < -0.3 is 0 Å². The summed E-state index contributed by atoms with van der Waals surface area (Å²) in [5.74, 6) is 1.51. The molecule has 0 fully saturated rings. The van der Waals surface area contributed by atoms with Crippen molar-refractivity contribution in [2.24, 2.45) is 0 Å². The zero-order valence-electron chi connectivity index (χ0n) is 29.8. The molecule has 7 aromatic carbocycles. The Morgan fingerprint density at radius 1 is 0.382 bits per heavy atom. The molecule has 10 aromatic rings. The van der Waals surface area contributed by atoms with Crippen molar-refractivity contribution in [1.82, 2.24) is 24.5 Å². The monoisotopic (exact) mass is 703 g/mol. The van der Waals surface area contributed by atoms with Gasteiger partial charge in [0.15, 0.2) is 11.6 Å². The molecule has 3 aromatic heterocycles. The summed E-state index contributed by atoms with van der Waals surface area (Å²) in [6.07, 6.45) is 1.81. The van der Waals surface area contributed by atoms with Gasteiger partial charge in [0, 0.05) is 28.6 Å². The predicted molar refractivity (Wildman–Crippen MR) is 225 cm³/mol. The Bertz CT molecular complexity index is 2910. The maximum absolute atomic E-state index is 5.21. The highest BCUT2D eigenvalue weighted by Crippen LogP contribution is 2.37. The SMILES string of the molecule is c1ccc(-c2cc(-c3cc(-c4cccc(-c5cccc(-n6c(-c7ccccn7)nc7ccccc76)c5)c4)cc4ccccc34)nc(-c3ccccc3)n2)cc1. The van der Waals surface area contributed by atoms with Crippen LogP contribution in [0.1, 0.15) is 0 Å². The first-order valence-electron chi connectivity index (χ1n) is 18.4. The third-order valence-electron chi connectivity index (χ3n) is 10.1. The lowest BCUT2D eigenvalue weighted by Gasteiger charge is -2.14. The van der Waals surface area contributed by atoms with E-state index in [0.29, 0.717) is 5.82 Å². The molecule has 3 heterocycles. The largest absolute Gasteiger partial charge is 0.291 e. The standard InChI is InChI=1S/C50H33N5/c1-3-15-34(16-4-1)46-33-47(53-49(52-46)35-17-5-2-6-18-35)43-32-40(30-39-19-7-8-24-42(39)43)37-21-13-20-36(29-37)38-22-14-23-41(31-38)55-48-27-10-9-25-44(48)54-50(55)45-26-11-12-28-51-45/h1-33H. The van der Waals surface area contributed by atoms with Gasteiger partial charge in [-0.2, -0.15) is 0 Å². The number of imidazole rings is 1. The molecular formula is C50H33N5. The first-order chi connectivity index (χ1) is 27.2. The van der Waals surface area contributed by atoms with Crippen molar-refractivity contribution >= 4 is 21.8 Å². The van der Waals surface area contributed by atoms with Gasteiger partial charge >= 0.3 is 0 Å². The summed E-state index contributed by atoms with van der Waals surface area (Å²) in [6, 6.07) is 67.4. The van der Waals surface area contributed by atoms with E-state index < -0.39 is 0 Å². The molecule has 0 saturated heterocycles. The molecule has 0 aliphatic rings. The van der Waals surface area contributed by atoms with Crippen molar-refractivity contribution in [3.05, 3.63) is 200 Å². The Morgan fingerprint density at radius 2 is 1.04 bits per heavy atom. The Kier molecular flexibility index (Phi) is 8.08. The molecule has 0 N–H and O–H groups in total. The average Bonchev–Trinajstić information content (AvgIpc) is 3.67. The van der Waals surface area contributed by atoms with Gasteiger partial charge in [0.2, 0.25) is 0 Å². The van der Waals surface area contributed by atoms with E-state index in [1.165, 1.54) is 0 Å². The molecule has 0 saturated carbocycles. The van der Waals surface area contributed by atoms with Crippen LogP contribution in [0.15, 0.2) is 200 Å². The van der Waals surface area contributed by atoms with Crippen LogP contribution >= 0.6 is 0 Å². The van der Waals surface area contributed by atoms with Crippen molar-refractivity contribution in [3.8, 4) is 73.4 Å². The molecule has 258 valence electrons. The fraction of sp³-hybridized carbons (Fsp3) is 0. The van der Waals surface area contributed by atoms with Crippen LogP contribution in [0.2, 0.25) is 0 Å². The predicted octanol–water partition coefficient (Wildman–Crippen LogP) is 12.4. The first-order valence-corrected chi connectivity index (χ1v) is 18.4. The van der Waals surface area contributed by atoms with Gasteiger partial charge in [-0.15, -0.1) is 0 Å². The van der Waals surface area contributed by atoms with Crippen molar-refractivity contribution in [2.45, 2.75) is 0 Å². The fourth-order valence-electron chi connectivity index (χ4n) is 7.40. The molecule has 5 heteroatoms. The summed E-state index contributed by atoms with van der Waals surface area (Å²) >= 11 is 0. The van der Waals surface area contributed by atoms with Crippen LogP contribution in [0.3, 0.4) is 0 Å². The van der Waals surface area contributed by atoms with Gasteiger partial charge in [-0.3, -0.25) is 9.55 Å². The van der Waals surface area contributed by atoms with Crippen LogP contribution in [0, 0.1) is 0 Å². The number of para-hydroxylation sites is 2. The van der Waals surface area contributed by atoms with Crippen LogP contribution in [0.4, 0.5) is 0 Å². The zero-order valence-corrected chi connectivity index (χ0v) is 29.8. The number of rotatable bonds is 7. The van der Waals surface area contributed by atoms with Gasteiger partial charge in [0.25, 0.3) is 0 Å². The minimum absolute atomic E-state index is 0.699. The van der Waals surface area contributed by atoms with Crippen LogP contribution in [0.25, 0.3) is 95.2 Å². The summed E-state index contributed by atoms with van der Waals surface area (Å²) in [7, 11) is 0. The molecule has 0 unspecified atom stereocenters. The number of hydrogen-bond donors (Lipinski definition) is 0. The first kappa shape index (κ1) is 32.2. The van der Waals surface area contributed by atoms with Crippen LogP contribution in [-0.4, -0.2) is 24.5 Å². The molecular weight excluding hydrogens is 671 g/mol. The minimum Gasteiger partial charge on any atom is -0.291 e. The van der Waals surface area contributed by atoms with E-state index >= 15 is 0 Å². The molecule has 0 bridgehead atoms. The molecule has 55 heavy (non-hydrogen) atoms. The summed E-state index contributed by atoms with van der Waals surface area (Å²) in [6.45, 7) is 0. The van der Waals surface area contributed by atoms with Crippen molar-refractivity contribution in [3.63, 3.8) is 0 Å². The summed E-state index contributed by atoms with van der Waals surface area (Å²) < 4.78 is 2.20. The lowest BCUT2D eigenvalue weighted by Crippen LogP contribution is -1.99. The highest BCUT2D eigenvalue weighted by molar-refractivity contribution is 6.00. The minimum atomic E-state index is 0.699. The average molecular weight is 704 g/mol. The van der Waals surface area contributed by atoms with Gasteiger partial charge in [0.1, 0.15) is 5.69 Å². The quantitative estimate of drug-likeness (QED) is 0.166. The summed E-state index contributed by atoms with van der Waals surface area (Å²) in [5, 5.41) is 2.29. The lowest BCUT2D eigenvalue weighted by atomic mass is 9.93. The van der Waals surface area contributed by atoms with Gasteiger partial charge in [-0.05, 0) is 93.7 Å². The maximum atomic E-state index is 5.21. The molecule has 0 amide bonds. The van der Waals surface area contributed by atoms with E-state index in [-0.39, 0.29) is 0 Å². The second kappa shape index (κ2) is 13.8. The number of nitrogens with zero attached hydrogens (tertiary/aromatic N) is 5. The normalized spacial score (nSPS) is 11.3. The second-order valence-electron chi connectivity index (χ2n) is 13.5. The van der Waals surface area contributed by atoms with E-state index in [0.717, 1.165) is 89.3 Å². The Balaban J connectivity index is 1.10. The van der Waals surface area contributed by atoms with Crippen molar-refractivity contribution in [1.29, 1.82) is 0 Å². The Morgan fingerprint density at radius 3 is 1.85 bits per heavy atom. The van der Waals surface area contributed by atoms with E-state index in [1.807, 2.05) is 54.7 Å². The number of aromatic nitrogens is 5. The topological polar surface area (TPSA) is 56.5 Å². The number of hydrogen-bond acceptors (Lipinski definition) is 4. The molecule has 0 spiro atoms. The van der Waals surface area contributed by atoms with Crippen LogP contribution < -0.4 is 0 Å². The van der Waals surface area contributed by atoms with E-state index in [1.54, 1.807) is 0 Å². The highest BCUT2D eigenvalue weighted by atomic mass is 15.1. The molecule has 10 rings (SSSR count). The third-order valence-corrected chi connectivity index (χ3v) is 10.1. The molecule has 0 radical (unpaired) electrons. The van der Waals surface area contributed by atoms with Crippen LogP contribution in [0.5, 0.6) is 0 Å². The highest BCUT2D eigenvalue weighted by Gasteiger charge is 2.17. The lowest BCUT2D eigenvalue weighted by molar-refractivity contribution is 1.08. The molecule has 0 atom stereocenters.